The van der Waals surface area contributed by atoms with E-state index in [-0.39, 0.29) is 17.5 Å². The van der Waals surface area contributed by atoms with E-state index in [1.54, 1.807) is 30.2 Å². The molecule has 0 bridgehead atoms. The van der Waals surface area contributed by atoms with Gasteiger partial charge in [0.15, 0.2) is 17.3 Å². The van der Waals surface area contributed by atoms with E-state index in [0.717, 1.165) is 29.1 Å². The van der Waals surface area contributed by atoms with E-state index in [9.17, 15) is 14.7 Å². The average molecular weight is 485 g/mol. The molecule has 2 N–H and O–H groups in total. The van der Waals surface area contributed by atoms with E-state index in [0.29, 0.717) is 42.0 Å². The summed E-state index contributed by atoms with van der Waals surface area (Å²) in [5.74, 6) is 1.05. The number of para-hydroxylation sites is 2. The summed E-state index contributed by atoms with van der Waals surface area (Å²) in [6, 6.07) is 19.6. The minimum atomic E-state index is -0.669. The van der Waals surface area contributed by atoms with Gasteiger partial charge in [0, 0.05) is 17.7 Å². The van der Waals surface area contributed by atoms with Gasteiger partial charge < -0.3 is 24.8 Å². The number of phenols is 1. The fraction of sp³-hybridized carbons (Fsp3) is 0.241. The average Bonchev–Trinajstić information content (AvgIpc) is 3.04. The fourth-order valence-corrected chi connectivity index (χ4v) is 5.14. The van der Waals surface area contributed by atoms with Crippen molar-refractivity contribution in [2.45, 2.75) is 31.7 Å². The molecular formula is C29H28N2O5. The molecule has 3 aromatic carbocycles. The topological polar surface area (TPSA) is 88.1 Å². The minimum absolute atomic E-state index is 0.00847. The van der Waals surface area contributed by atoms with Crippen LogP contribution < -0.4 is 19.7 Å². The Morgan fingerprint density at radius 2 is 1.81 bits per heavy atom. The number of ether oxygens (including phenoxy) is 2. The molecule has 1 amide bonds. The van der Waals surface area contributed by atoms with Crippen molar-refractivity contribution >= 4 is 23.6 Å². The van der Waals surface area contributed by atoms with Crippen LogP contribution in [0, 0.1) is 0 Å². The van der Waals surface area contributed by atoms with E-state index < -0.39 is 6.04 Å². The zero-order valence-electron chi connectivity index (χ0n) is 20.2. The first-order valence-corrected chi connectivity index (χ1v) is 12.0. The van der Waals surface area contributed by atoms with Gasteiger partial charge in [-0.1, -0.05) is 30.3 Å². The molecule has 0 spiro atoms. The number of ketones is 1. The largest absolute Gasteiger partial charge is 0.504 e. The molecule has 1 aliphatic heterocycles. The summed E-state index contributed by atoms with van der Waals surface area (Å²) in [4.78, 5) is 27.9. The van der Waals surface area contributed by atoms with Crippen molar-refractivity contribution in [1.29, 1.82) is 0 Å². The zero-order valence-corrected chi connectivity index (χ0v) is 20.2. The first kappa shape index (κ1) is 23.5. The SMILES string of the molecule is CCOc1cc([C@@H]2C3=C(C[C@H](c4ccc(OC)cc4)CC3=O)Nc3ccccc3N2C=O)ccc1O. The van der Waals surface area contributed by atoms with Crippen molar-refractivity contribution in [2.24, 2.45) is 0 Å². The number of anilines is 2. The molecule has 0 saturated carbocycles. The van der Waals surface area contributed by atoms with Crippen LogP contribution in [0.2, 0.25) is 0 Å². The van der Waals surface area contributed by atoms with Crippen LogP contribution in [0.1, 0.15) is 42.9 Å². The van der Waals surface area contributed by atoms with Crippen molar-refractivity contribution in [1.82, 2.24) is 0 Å². The van der Waals surface area contributed by atoms with Crippen molar-refractivity contribution in [3.8, 4) is 17.2 Å². The van der Waals surface area contributed by atoms with Crippen LogP contribution in [0.4, 0.5) is 11.4 Å². The highest BCUT2D eigenvalue weighted by Crippen LogP contribution is 2.47. The first-order valence-electron chi connectivity index (χ1n) is 12.0. The number of Topliss-reactive ketones (excluding diaryl/α,β-unsaturated/α-hetero) is 1. The predicted octanol–water partition coefficient (Wildman–Crippen LogP) is 5.33. The summed E-state index contributed by atoms with van der Waals surface area (Å²) in [6.07, 6.45) is 1.70. The lowest BCUT2D eigenvalue weighted by atomic mass is 9.78. The number of carbonyl (C=O) groups excluding carboxylic acids is 2. The number of fused-ring (bicyclic) bond motifs is 1. The summed E-state index contributed by atoms with van der Waals surface area (Å²) >= 11 is 0. The number of carbonyl (C=O) groups is 2. The second-order valence-electron chi connectivity index (χ2n) is 8.91. The molecule has 2 atom stereocenters. The third kappa shape index (κ3) is 4.17. The Hall–Kier alpha value is -4.26. The van der Waals surface area contributed by atoms with Gasteiger partial charge in [-0.25, -0.2) is 0 Å². The Bertz CT molecular complexity index is 1330. The van der Waals surface area contributed by atoms with Gasteiger partial charge in [-0.2, -0.15) is 0 Å². The molecule has 0 aromatic heterocycles. The maximum Gasteiger partial charge on any atom is 0.215 e. The van der Waals surface area contributed by atoms with Crippen LogP contribution in [-0.2, 0) is 9.59 Å². The fourth-order valence-electron chi connectivity index (χ4n) is 5.14. The number of amides is 1. The maximum atomic E-state index is 13.8. The van der Waals surface area contributed by atoms with Gasteiger partial charge in [-0.05, 0) is 66.8 Å². The number of aromatic hydroxyl groups is 1. The van der Waals surface area contributed by atoms with Crippen LogP contribution in [0.5, 0.6) is 17.2 Å². The monoisotopic (exact) mass is 484 g/mol. The van der Waals surface area contributed by atoms with Gasteiger partial charge in [0.2, 0.25) is 6.41 Å². The van der Waals surface area contributed by atoms with Gasteiger partial charge >= 0.3 is 0 Å². The van der Waals surface area contributed by atoms with E-state index in [1.807, 2.05) is 55.5 Å². The van der Waals surface area contributed by atoms with Crippen LogP contribution in [0.25, 0.3) is 0 Å². The molecule has 0 saturated heterocycles. The smallest absolute Gasteiger partial charge is 0.215 e. The van der Waals surface area contributed by atoms with Gasteiger partial charge in [0.25, 0.3) is 0 Å². The molecule has 1 aliphatic carbocycles. The number of nitrogens with zero attached hydrogens (tertiary/aromatic N) is 1. The first-order chi connectivity index (χ1) is 17.5. The second kappa shape index (κ2) is 9.77. The number of allylic oxidation sites excluding steroid dienone is 1. The number of benzene rings is 3. The molecule has 7 heteroatoms. The standard InChI is InChI=1S/C29H28N2O5/c1-3-36-27-16-19(10-13-25(27)33)29-28-23(30-22-6-4-5-7-24(22)31(29)17-32)14-20(15-26(28)34)18-8-11-21(35-2)12-9-18/h4-13,16-17,20,29-30,33H,3,14-15H2,1-2H3/t20-,29+/m0/s1. The van der Waals surface area contributed by atoms with Crippen LogP contribution in [0.3, 0.4) is 0 Å². The molecule has 3 aromatic rings. The third-order valence-electron chi connectivity index (χ3n) is 6.83. The zero-order chi connectivity index (χ0) is 25.2. The maximum absolute atomic E-state index is 13.8. The van der Waals surface area contributed by atoms with E-state index in [2.05, 4.69) is 5.32 Å². The molecule has 0 unspecified atom stereocenters. The van der Waals surface area contributed by atoms with Gasteiger partial charge in [-0.15, -0.1) is 0 Å². The molecule has 2 aliphatic rings. The van der Waals surface area contributed by atoms with E-state index in [4.69, 9.17) is 9.47 Å². The second-order valence-corrected chi connectivity index (χ2v) is 8.91. The van der Waals surface area contributed by atoms with Gasteiger partial charge in [-0.3, -0.25) is 9.59 Å². The molecule has 36 heavy (non-hydrogen) atoms. The molecular weight excluding hydrogens is 456 g/mol. The Morgan fingerprint density at radius 1 is 1.06 bits per heavy atom. The van der Waals surface area contributed by atoms with Crippen molar-refractivity contribution < 1.29 is 24.2 Å². The van der Waals surface area contributed by atoms with Crippen molar-refractivity contribution in [2.75, 3.05) is 23.9 Å². The molecule has 5 rings (SSSR count). The number of hydrogen-bond acceptors (Lipinski definition) is 6. The third-order valence-corrected chi connectivity index (χ3v) is 6.83. The molecule has 184 valence electrons. The Balaban J connectivity index is 1.65. The Labute approximate surface area is 210 Å². The molecule has 0 fully saturated rings. The van der Waals surface area contributed by atoms with Crippen LogP contribution in [-0.4, -0.2) is 31.0 Å². The highest BCUT2D eigenvalue weighted by Gasteiger charge is 2.39. The van der Waals surface area contributed by atoms with Crippen LogP contribution in [0.15, 0.2) is 78.0 Å². The lowest BCUT2D eigenvalue weighted by molar-refractivity contribution is -0.116. The highest BCUT2D eigenvalue weighted by molar-refractivity contribution is 6.03. The van der Waals surface area contributed by atoms with Crippen molar-refractivity contribution in [3.05, 3.63) is 89.1 Å². The van der Waals surface area contributed by atoms with Crippen molar-refractivity contribution in [3.63, 3.8) is 0 Å². The number of hydrogen-bond donors (Lipinski definition) is 2. The normalized spacial score (nSPS) is 19.1. The molecule has 7 nitrogen and oxygen atoms in total. The van der Waals surface area contributed by atoms with Gasteiger partial charge in [0.1, 0.15) is 5.75 Å². The number of methoxy groups -OCH3 is 1. The Kier molecular flexibility index (Phi) is 6.38. The number of nitrogens with one attached hydrogen (secondary N) is 1. The Morgan fingerprint density at radius 3 is 2.53 bits per heavy atom. The minimum Gasteiger partial charge on any atom is -0.504 e. The summed E-state index contributed by atoms with van der Waals surface area (Å²) in [5, 5.41) is 13.8. The molecule has 1 heterocycles. The molecule has 0 radical (unpaired) electrons. The van der Waals surface area contributed by atoms with E-state index >= 15 is 0 Å². The van der Waals surface area contributed by atoms with Crippen LogP contribution >= 0.6 is 0 Å². The highest BCUT2D eigenvalue weighted by atomic mass is 16.5. The summed E-state index contributed by atoms with van der Waals surface area (Å²) < 4.78 is 10.9. The summed E-state index contributed by atoms with van der Waals surface area (Å²) in [5.41, 5.74) is 4.52. The quantitative estimate of drug-likeness (QED) is 0.460. The summed E-state index contributed by atoms with van der Waals surface area (Å²) in [6.45, 7) is 2.21. The predicted molar refractivity (Wildman–Crippen MR) is 138 cm³/mol. The number of rotatable bonds is 6. The summed E-state index contributed by atoms with van der Waals surface area (Å²) in [7, 11) is 1.63. The van der Waals surface area contributed by atoms with E-state index in [1.165, 1.54) is 0 Å². The lowest BCUT2D eigenvalue weighted by Crippen LogP contribution is -2.33. The lowest BCUT2D eigenvalue weighted by Gasteiger charge is -2.33. The number of phenolic OH excluding ortho intramolecular Hbond substituents is 1. The van der Waals surface area contributed by atoms with Gasteiger partial charge in [0.05, 0.1) is 31.1 Å².